The highest BCUT2D eigenvalue weighted by Crippen LogP contribution is 2.16. The first-order valence-corrected chi connectivity index (χ1v) is 8.70. The molecule has 0 aliphatic carbocycles. The fourth-order valence-electron chi connectivity index (χ4n) is 1.95. The van der Waals surface area contributed by atoms with Crippen LogP contribution in [0.15, 0.2) is 68.6 Å². The lowest BCUT2D eigenvalue weighted by Crippen LogP contribution is -2.13. The largest absolute Gasteiger partial charge is 0.308 e. The summed E-state index contributed by atoms with van der Waals surface area (Å²) in [7, 11) is -3.78. The van der Waals surface area contributed by atoms with Crippen LogP contribution in [0.5, 0.6) is 0 Å². The number of hydrogen-bond acceptors (Lipinski definition) is 3. The quantitative estimate of drug-likeness (QED) is 0.689. The molecule has 0 saturated heterocycles. The van der Waals surface area contributed by atoms with Crippen LogP contribution < -0.4 is 5.49 Å². The minimum absolute atomic E-state index is 0.134. The SMILES string of the molecule is Cc1ccn2cc/c(=N/S(=O)(=O)c3ccc(Br)cc3)nc2c1. The highest BCUT2D eigenvalue weighted by atomic mass is 79.9. The van der Waals surface area contributed by atoms with Crippen molar-refractivity contribution in [2.45, 2.75) is 11.8 Å². The third kappa shape index (κ3) is 3.10. The molecule has 112 valence electrons. The maximum atomic E-state index is 12.3. The van der Waals surface area contributed by atoms with Gasteiger partial charge in [-0.25, -0.2) is 4.98 Å². The van der Waals surface area contributed by atoms with E-state index in [0.717, 1.165) is 10.0 Å². The van der Waals surface area contributed by atoms with E-state index >= 15 is 0 Å². The average Bonchev–Trinajstić information content (AvgIpc) is 2.47. The Hall–Kier alpha value is -1.99. The van der Waals surface area contributed by atoms with Crippen molar-refractivity contribution in [1.29, 1.82) is 0 Å². The Morgan fingerprint density at radius 1 is 1.09 bits per heavy atom. The third-order valence-corrected chi connectivity index (χ3v) is 4.88. The van der Waals surface area contributed by atoms with Crippen molar-refractivity contribution in [1.82, 2.24) is 9.38 Å². The number of hydrogen-bond donors (Lipinski definition) is 0. The van der Waals surface area contributed by atoms with Crippen molar-refractivity contribution in [2.24, 2.45) is 4.40 Å². The van der Waals surface area contributed by atoms with E-state index in [4.69, 9.17) is 0 Å². The second-order valence-corrected chi connectivity index (χ2v) is 7.30. The molecule has 0 aliphatic rings. The van der Waals surface area contributed by atoms with E-state index in [-0.39, 0.29) is 10.4 Å². The van der Waals surface area contributed by atoms with Crippen molar-refractivity contribution >= 4 is 31.6 Å². The van der Waals surface area contributed by atoms with Crippen molar-refractivity contribution in [3.05, 3.63) is 70.4 Å². The molecule has 0 N–H and O–H groups in total. The number of rotatable bonds is 2. The molecule has 0 spiro atoms. The first-order chi connectivity index (χ1) is 10.4. The summed E-state index contributed by atoms with van der Waals surface area (Å²) in [5.74, 6) is 0. The lowest BCUT2D eigenvalue weighted by atomic mass is 10.3. The van der Waals surface area contributed by atoms with Crippen molar-refractivity contribution in [2.75, 3.05) is 0 Å². The smallest absolute Gasteiger partial charge is 0.284 e. The maximum Gasteiger partial charge on any atom is 0.284 e. The Morgan fingerprint density at radius 2 is 1.77 bits per heavy atom. The summed E-state index contributed by atoms with van der Waals surface area (Å²) in [6.45, 7) is 1.95. The minimum Gasteiger partial charge on any atom is -0.308 e. The Balaban J connectivity index is 2.12. The Bertz CT molecular complexity index is 1010. The first kappa shape index (κ1) is 14.9. The van der Waals surface area contributed by atoms with E-state index < -0.39 is 10.0 Å². The zero-order valence-electron chi connectivity index (χ0n) is 11.6. The summed E-state index contributed by atoms with van der Waals surface area (Å²) in [5.41, 5.74) is 1.85. The maximum absolute atomic E-state index is 12.3. The zero-order valence-corrected chi connectivity index (χ0v) is 14.0. The second-order valence-electron chi connectivity index (χ2n) is 4.78. The molecule has 0 bridgehead atoms. The number of benzene rings is 1. The Labute approximate surface area is 136 Å². The van der Waals surface area contributed by atoms with E-state index in [1.165, 1.54) is 12.1 Å². The molecule has 2 aromatic heterocycles. The summed E-state index contributed by atoms with van der Waals surface area (Å²) < 4.78 is 31.0. The molecule has 0 aliphatic heterocycles. The molecule has 1 aromatic carbocycles. The van der Waals surface area contributed by atoms with Crippen molar-refractivity contribution in [3.8, 4) is 0 Å². The molecule has 3 rings (SSSR count). The van der Waals surface area contributed by atoms with Gasteiger partial charge < -0.3 is 4.40 Å². The van der Waals surface area contributed by atoms with Gasteiger partial charge in [-0.3, -0.25) is 0 Å². The van der Waals surface area contributed by atoms with Crippen molar-refractivity contribution in [3.63, 3.8) is 0 Å². The molecule has 7 heteroatoms. The summed E-state index contributed by atoms with van der Waals surface area (Å²) in [4.78, 5) is 4.41. The number of pyridine rings is 1. The van der Waals surface area contributed by atoms with Gasteiger partial charge >= 0.3 is 0 Å². The molecular formula is C15H12BrN3O2S. The molecule has 2 heterocycles. The normalized spacial score (nSPS) is 12.7. The van der Waals surface area contributed by atoms with Gasteiger partial charge in [0.1, 0.15) is 5.65 Å². The van der Waals surface area contributed by atoms with Gasteiger partial charge in [-0.05, 0) is 48.9 Å². The summed E-state index contributed by atoms with van der Waals surface area (Å²) >= 11 is 3.27. The van der Waals surface area contributed by atoms with E-state index in [1.807, 2.05) is 25.3 Å². The fraction of sp³-hybridized carbons (Fsp3) is 0.0667. The molecule has 0 unspecified atom stereocenters. The van der Waals surface area contributed by atoms with Crippen LogP contribution in [0.25, 0.3) is 5.65 Å². The Kier molecular flexibility index (Phi) is 3.84. The highest BCUT2D eigenvalue weighted by Gasteiger charge is 2.12. The molecule has 0 radical (unpaired) electrons. The van der Waals surface area contributed by atoms with Crippen LogP contribution in [0.2, 0.25) is 0 Å². The van der Waals surface area contributed by atoms with Gasteiger partial charge in [0.2, 0.25) is 0 Å². The number of fused-ring (bicyclic) bond motifs is 1. The average molecular weight is 378 g/mol. The van der Waals surface area contributed by atoms with Gasteiger partial charge in [-0.15, -0.1) is 4.40 Å². The lowest BCUT2D eigenvalue weighted by Gasteiger charge is -2.01. The van der Waals surface area contributed by atoms with Crippen LogP contribution in [-0.2, 0) is 10.0 Å². The summed E-state index contributed by atoms with van der Waals surface area (Å²) in [6, 6.07) is 11.7. The number of aromatic nitrogens is 2. The van der Waals surface area contributed by atoms with Gasteiger partial charge in [0.05, 0.1) is 4.90 Å². The number of aryl methyl sites for hydroxylation is 1. The number of sulfonamides is 1. The second kappa shape index (κ2) is 5.66. The molecule has 0 fully saturated rings. The van der Waals surface area contributed by atoms with Gasteiger partial charge in [0.15, 0.2) is 5.49 Å². The Morgan fingerprint density at radius 3 is 2.50 bits per heavy atom. The predicted octanol–water partition coefficient (Wildman–Crippen LogP) is 2.69. The molecule has 0 amide bonds. The molecule has 0 atom stereocenters. The first-order valence-electron chi connectivity index (χ1n) is 6.46. The van der Waals surface area contributed by atoms with Gasteiger partial charge in [0, 0.05) is 22.9 Å². The third-order valence-electron chi connectivity index (χ3n) is 3.06. The van der Waals surface area contributed by atoms with Crippen molar-refractivity contribution < 1.29 is 8.42 Å². The number of halogens is 1. The predicted molar refractivity (Wildman–Crippen MR) is 86.8 cm³/mol. The monoisotopic (exact) mass is 377 g/mol. The summed E-state index contributed by atoms with van der Waals surface area (Å²) in [6.07, 6.45) is 3.60. The molecule has 22 heavy (non-hydrogen) atoms. The fourth-order valence-corrected chi connectivity index (χ4v) is 3.15. The van der Waals surface area contributed by atoms with Crippen LogP contribution in [-0.4, -0.2) is 17.8 Å². The molecular weight excluding hydrogens is 366 g/mol. The zero-order chi connectivity index (χ0) is 15.7. The van der Waals surface area contributed by atoms with Crippen LogP contribution in [0.4, 0.5) is 0 Å². The molecule has 5 nitrogen and oxygen atoms in total. The van der Waals surface area contributed by atoms with Crippen LogP contribution in [0.3, 0.4) is 0 Å². The lowest BCUT2D eigenvalue weighted by molar-refractivity contribution is 0.596. The van der Waals surface area contributed by atoms with E-state index in [9.17, 15) is 8.42 Å². The van der Waals surface area contributed by atoms with Gasteiger partial charge in [-0.2, -0.15) is 8.42 Å². The van der Waals surface area contributed by atoms with Crippen LogP contribution in [0, 0.1) is 6.92 Å². The van der Waals surface area contributed by atoms with E-state index in [1.54, 1.807) is 28.8 Å². The number of nitrogens with zero attached hydrogens (tertiary/aromatic N) is 3. The van der Waals surface area contributed by atoms with E-state index in [0.29, 0.717) is 5.65 Å². The minimum atomic E-state index is -3.78. The van der Waals surface area contributed by atoms with Gasteiger partial charge in [-0.1, -0.05) is 15.9 Å². The van der Waals surface area contributed by atoms with Crippen LogP contribution >= 0.6 is 15.9 Å². The molecule has 0 saturated carbocycles. The van der Waals surface area contributed by atoms with Crippen LogP contribution in [0.1, 0.15) is 5.56 Å². The standard InChI is InChI=1S/C15H12BrN3O2S/c1-11-6-8-19-9-7-14(17-15(19)10-11)18-22(20,21)13-4-2-12(16)3-5-13/h2-10H,1H3/b18-14-. The molecule has 3 aromatic rings. The van der Waals surface area contributed by atoms with Gasteiger partial charge in [0.25, 0.3) is 10.0 Å². The van der Waals surface area contributed by atoms with E-state index in [2.05, 4.69) is 25.3 Å². The summed E-state index contributed by atoms with van der Waals surface area (Å²) in [5, 5.41) is 0. The topological polar surface area (TPSA) is 63.8 Å². The highest BCUT2D eigenvalue weighted by molar-refractivity contribution is 9.10.